The zero-order valence-electron chi connectivity index (χ0n) is 12.7. The molecule has 0 aliphatic heterocycles. The van der Waals surface area contributed by atoms with Crippen LogP contribution in [0.2, 0.25) is 0 Å². The van der Waals surface area contributed by atoms with E-state index in [9.17, 15) is 4.79 Å². The lowest BCUT2D eigenvalue weighted by atomic mass is 10.1. The van der Waals surface area contributed by atoms with Gasteiger partial charge in [-0.15, -0.1) is 0 Å². The van der Waals surface area contributed by atoms with Crippen LogP contribution in [0.3, 0.4) is 0 Å². The van der Waals surface area contributed by atoms with Gasteiger partial charge < -0.3 is 15.2 Å². The molecule has 0 radical (unpaired) electrons. The summed E-state index contributed by atoms with van der Waals surface area (Å²) in [5.41, 5.74) is 1.97. The highest BCUT2D eigenvalue weighted by Gasteiger charge is 2.24. The van der Waals surface area contributed by atoms with E-state index in [-0.39, 0.29) is 6.03 Å². The van der Waals surface area contributed by atoms with Gasteiger partial charge in [0.1, 0.15) is 5.76 Å². The highest BCUT2D eigenvalue weighted by Crippen LogP contribution is 2.24. The average molecular weight is 279 g/mol. The Labute approximate surface area is 120 Å². The predicted octanol–water partition coefficient (Wildman–Crippen LogP) is 2.79. The minimum Gasteiger partial charge on any atom is -0.361 e. The number of amides is 2. The molecular formula is C15H25N3O2. The molecule has 0 spiro atoms. The number of carbonyl (C=O) groups excluding carboxylic acids is 1. The Balaban J connectivity index is 1.88. The maximum Gasteiger partial charge on any atom is 0.315 e. The summed E-state index contributed by atoms with van der Waals surface area (Å²) < 4.78 is 5.30. The maximum absolute atomic E-state index is 12.0. The third kappa shape index (κ3) is 3.32. The van der Waals surface area contributed by atoms with Crippen molar-refractivity contribution in [3.63, 3.8) is 0 Å². The smallest absolute Gasteiger partial charge is 0.315 e. The van der Waals surface area contributed by atoms with Crippen LogP contribution in [0.5, 0.6) is 0 Å². The third-order valence-corrected chi connectivity index (χ3v) is 4.21. The lowest BCUT2D eigenvalue weighted by molar-refractivity contribution is 0.234. The number of urea groups is 1. The summed E-state index contributed by atoms with van der Waals surface area (Å²) in [5.74, 6) is 1.45. The van der Waals surface area contributed by atoms with E-state index in [1.54, 1.807) is 0 Å². The topological polar surface area (TPSA) is 67.2 Å². The van der Waals surface area contributed by atoms with Gasteiger partial charge in [0.25, 0.3) is 0 Å². The lowest BCUT2D eigenvalue weighted by Crippen LogP contribution is -2.43. The summed E-state index contributed by atoms with van der Waals surface area (Å²) in [6, 6.07) is 0.225. The SMILES string of the molecule is CCc1noc(CC)c1CNC(=O)N[C@H]1CCC[C@H]1C. The number of carbonyl (C=O) groups is 1. The van der Waals surface area contributed by atoms with Gasteiger partial charge in [0.2, 0.25) is 0 Å². The molecule has 2 amide bonds. The number of hydrogen-bond donors (Lipinski definition) is 2. The van der Waals surface area contributed by atoms with Crippen LogP contribution in [0.4, 0.5) is 4.79 Å². The van der Waals surface area contributed by atoms with Crippen molar-refractivity contribution in [2.24, 2.45) is 5.92 Å². The highest BCUT2D eigenvalue weighted by atomic mass is 16.5. The van der Waals surface area contributed by atoms with Gasteiger partial charge in [-0.3, -0.25) is 0 Å². The van der Waals surface area contributed by atoms with Crippen LogP contribution < -0.4 is 10.6 Å². The van der Waals surface area contributed by atoms with Gasteiger partial charge in [-0.05, 0) is 25.2 Å². The predicted molar refractivity (Wildman–Crippen MR) is 77.4 cm³/mol. The molecule has 1 heterocycles. The molecule has 1 aliphatic carbocycles. The Morgan fingerprint density at radius 1 is 1.35 bits per heavy atom. The van der Waals surface area contributed by atoms with Crippen LogP contribution in [-0.4, -0.2) is 17.2 Å². The van der Waals surface area contributed by atoms with E-state index < -0.39 is 0 Å². The number of nitrogens with one attached hydrogen (secondary N) is 2. The Kier molecular flexibility index (Phi) is 5.04. The third-order valence-electron chi connectivity index (χ3n) is 4.21. The molecule has 2 atom stereocenters. The first kappa shape index (κ1) is 14.9. The second-order valence-electron chi connectivity index (χ2n) is 5.58. The molecule has 2 rings (SSSR count). The zero-order valence-corrected chi connectivity index (χ0v) is 12.7. The molecule has 1 fully saturated rings. The van der Waals surface area contributed by atoms with Crippen LogP contribution in [0, 0.1) is 5.92 Å². The minimum atomic E-state index is -0.0888. The van der Waals surface area contributed by atoms with Crippen LogP contribution in [0.1, 0.15) is 57.1 Å². The first-order valence-electron chi connectivity index (χ1n) is 7.66. The van der Waals surface area contributed by atoms with E-state index in [1.165, 1.54) is 12.8 Å². The standard InChI is InChI=1S/C15H25N3O2/c1-4-12-11(14(5-2)20-18-12)9-16-15(19)17-13-8-6-7-10(13)3/h10,13H,4-9H2,1-3H3,(H2,16,17,19)/t10-,13+/m1/s1. The Morgan fingerprint density at radius 3 is 2.75 bits per heavy atom. The van der Waals surface area contributed by atoms with Crippen molar-refractivity contribution >= 4 is 6.03 Å². The fourth-order valence-corrected chi connectivity index (χ4v) is 2.89. The molecule has 0 bridgehead atoms. The van der Waals surface area contributed by atoms with E-state index in [1.807, 2.05) is 13.8 Å². The molecule has 20 heavy (non-hydrogen) atoms. The molecule has 5 nitrogen and oxygen atoms in total. The molecule has 0 saturated heterocycles. The first-order valence-corrected chi connectivity index (χ1v) is 7.66. The molecule has 1 saturated carbocycles. The van der Waals surface area contributed by atoms with Crippen LogP contribution >= 0.6 is 0 Å². The second-order valence-corrected chi connectivity index (χ2v) is 5.58. The van der Waals surface area contributed by atoms with Gasteiger partial charge in [0, 0.05) is 24.6 Å². The summed E-state index contributed by atoms with van der Waals surface area (Å²) >= 11 is 0. The number of aromatic nitrogens is 1. The van der Waals surface area contributed by atoms with E-state index in [2.05, 4.69) is 22.7 Å². The van der Waals surface area contributed by atoms with Crippen molar-refractivity contribution in [3.05, 3.63) is 17.0 Å². The summed E-state index contributed by atoms with van der Waals surface area (Å²) in [6.45, 7) is 6.76. The van der Waals surface area contributed by atoms with Crippen LogP contribution in [-0.2, 0) is 19.4 Å². The Bertz CT molecular complexity index is 434. The lowest BCUT2D eigenvalue weighted by Gasteiger charge is -2.17. The fraction of sp³-hybridized carbons (Fsp3) is 0.733. The Morgan fingerprint density at radius 2 is 2.15 bits per heavy atom. The van der Waals surface area contributed by atoms with Crippen LogP contribution in [0.15, 0.2) is 4.52 Å². The zero-order chi connectivity index (χ0) is 14.5. The van der Waals surface area contributed by atoms with Crippen molar-refractivity contribution in [2.75, 3.05) is 0 Å². The summed E-state index contributed by atoms with van der Waals surface area (Å²) in [5, 5.41) is 10.0. The van der Waals surface area contributed by atoms with Gasteiger partial charge in [-0.25, -0.2) is 4.79 Å². The number of aryl methyl sites for hydroxylation is 2. The monoisotopic (exact) mass is 279 g/mol. The Hall–Kier alpha value is -1.52. The van der Waals surface area contributed by atoms with Crippen molar-refractivity contribution in [1.29, 1.82) is 0 Å². The van der Waals surface area contributed by atoms with E-state index in [0.29, 0.717) is 18.5 Å². The fourth-order valence-electron chi connectivity index (χ4n) is 2.89. The van der Waals surface area contributed by atoms with Gasteiger partial charge in [0.05, 0.1) is 5.69 Å². The second kappa shape index (κ2) is 6.77. The first-order chi connectivity index (χ1) is 9.65. The summed E-state index contributed by atoms with van der Waals surface area (Å²) in [6.07, 6.45) is 5.11. The molecular weight excluding hydrogens is 254 g/mol. The average Bonchev–Trinajstić information content (AvgIpc) is 3.02. The van der Waals surface area contributed by atoms with Gasteiger partial charge >= 0.3 is 6.03 Å². The van der Waals surface area contributed by atoms with Gasteiger partial charge in [-0.2, -0.15) is 0 Å². The minimum absolute atomic E-state index is 0.0888. The normalized spacial score (nSPS) is 21.9. The molecule has 112 valence electrons. The summed E-state index contributed by atoms with van der Waals surface area (Å²) in [7, 11) is 0. The van der Waals surface area contributed by atoms with Gasteiger partial charge in [-0.1, -0.05) is 32.3 Å². The van der Waals surface area contributed by atoms with E-state index in [0.717, 1.165) is 36.3 Å². The van der Waals surface area contributed by atoms with Crippen molar-refractivity contribution in [1.82, 2.24) is 15.8 Å². The molecule has 1 aromatic rings. The molecule has 5 heteroatoms. The highest BCUT2D eigenvalue weighted by molar-refractivity contribution is 5.74. The molecule has 2 N–H and O–H groups in total. The molecule has 1 aromatic heterocycles. The molecule has 0 aromatic carbocycles. The summed E-state index contributed by atoms with van der Waals surface area (Å²) in [4.78, 5) is 12.0. The molecule has 1 aliphatic rings. The number of hydrogen-bond acceptors (Lipinski definition) is 3. The van der Waals surface area contributed by atoms with Crippen molar-refractivity contribution in [3.8, 4) is 0 Å². The number of rotatable bonds is 5. The van der Waals surface area contributed by atoms with Gasteiger partial charge in [0.15, 0.2) is 0 Å². The van der Waals surface area contributed by atoms with E-state index in [4.69, 9.17) is 4.52 Å². The van der Waals surface area contributed by atoms with Crippen molar-refractivity contribution in [2.45, 2.75) is 65.5 Å². The molecule has 0 unspecified atom stereocenters. The number of nitrogens with zero attached hydrogens (tertiary/aromatic N) is 1. The van der Waals surface area contributed by atoms with E-state index >= 15 is 0 Å². The van der Waals surface area contributed by atoms with Crippen molar-refractivity contribution < 1.29 is 9.32 Å². The maximum atomic E-state index is 12.0. The largest absolute Gasteiger partial charge is 0.361 e. The van der Waals surface area contributed by atoms with Crippen LogP contribution in [0.25, 0.3) is 0 Å². The quantitative estimate of drug-likeness (QED) is 0.871.